The molecular weight excluding hydrogens is 324 g/mol. The number of carbonyl (C=O) groups is 1. The van der Waals surface area contributed by atoms with Gasteiger partial charge in [0.1, 0.15) is 0 Å². The van der Waals surface area contributed by atoms with Crippen LogP contribution in [0.3, 0.4) is 0 Å². The zero-order chi connectivity index (χ0) is 17.9. The third-order valence-electron chi connectivity index (χ3n) is 4.80. The van der Waals surface area contributed by atoms with Gasteiger partial charge in [-0.3, -0.25) is 9.48 Å². The summed E-state index contributed by atoms with van der Waals surface area (Å²) in [5.41, 5.74) is 5.73. The van der Waals surface area contributed by atoms with E-state index in [0.717, 1.165) is 25.1 Å². The van der Waals surface area contributed by atoms with Gasteiger partial charge in [-0.2, -0.15) is 5.10 Å². The molecule has 0 bridgehead atoms. The van der Waals surface area contributed by atoms with E-state index in [0.29, 0.717) is 12.1 Å². The molecule has 1 aliphatic rings. The molecule has 2 heterocycles. The first-order valence-corrected chi connectivity index (χ1v) is 8.86. The van der Waals surface area contributed by atoms with Crippen LogP contribution in [0.25, 0.3) is 0 Å². The van der Waals surface area contributed by atoms with E-state index in [4.69, 9.17) is 0 Å². The first kappa shape index (κ1) is 16.4. The van der Waals surface area contributed by atoms with Gasteiger partial charge in [0.2, 0.25) is 0 Å². The SMILES string of the molecule is Cn1cc(C(=O)NCc2ccc(CN3CCc4ccccc43)cc2)cn1. The molecule has 0 saturated carbocycles. The van der Waals surface area contributed by atoms with Crippen LogP contribution in [0.4, 0.5) is 5.69 Å². The van der Waals surface area contributed by atoms with Gasteiger partial charge in [-0.25, -0.2) is 0 Å². The Hall–Kier alpha value is -3.08. The van der Waals surface area contributed by atoms with Crippen LogP contribution in [0.5, 0.6) is 0 Å². The molecule has 0 radical (unpaired) electrons. The highest BCUT2D eigenvalue weighted by molar-refractivity contribution is 5.93. The topological polar surface area (TPSA) is 50.2 Å². The van der Waals surface area contributed by atoms with E-state index in [9.17, 15) is 4.79 Å². The van der Waals surface area contributed by atoms with Crippen LogP contribution < -0.4 is 10.2 Å². The Morgan fingerprint density at radius 2 is 1.88 bits per heavy atom. The lowest BCUT2D eigenvalue weighted by molar-refractivity contribution is 0.0951. The van der Waals surface area contributed by atoms with Crippen molar-refractivity contribution < 1.29 is 4.79 Å². The van der Waals surface area contributed by atoms with Crippen LogP contribution >= 0.6 is 0 Å². The van der Waals surface area contributed by atoms with Gasteiger partial charge < -0.3 is 10.2 Å². The van der Waals surface area contributed by atoms with Gasteiger partial charge in [0, 0.05) is 38.6 Å². The maximum Gasteiger partial charge on any atom is 0.254 e. The minimum atomic E-state index is -0.101. The first-order chi connectivity index (χ1) is 12.7. The molecule has 1 amide bonds. The number of amides is 1. The quantitative estimate of drug-likeness (QED) is 0.773. The van der Waals surface area contributed by atoms with Crippen molar-refractivity contribution >= 4 is 11.6 Å². The molecule has 0 saturated heterocycles. The Morgan fingerprint density at radius 3 is 2.65 bits per heavy atom. The number of nitrogens with one attached hydrogen (secondary N) is 1. The van der Waals surface area contributed by atoms with Crippen molar-refractivity contribution in [2.24, 2.45) is 7.05 Å². The molecule has 5 heteroatoms. The number of aromatic nitrogens is 2. The largest absolute Gasteiger partial charge is 0.367 e. The minimum absolute atomic E-state index is 0.101. The number of aryl methyl sites for hydroxylation is 1. The molecule has 5 nitrogen and oxygen atoms in total. The average molecular weight is 346 g/mol. The second-order valence-corrected chi connectivity index (χ2v) is 6.70. The molecular formula is C21H22N4O. The highest BCUT2D eigenvalue weighted by atomic mass is 16.1. The van der Waals surface area contributed by atoms with Crippen molar-refractivity contribution in [3.8, 4) is 0 Å². The fourth-order valence-electron chi connectivity index (χ4n) is 3.38. The second-order valence-electron chi connectivity index (χ2n) is 6.70. The van der Waals surface area contributed by atoms with Crippen LogP contribution in [0, 0.1) is 0 Å². The lowest BCUT2D eigenvalue weighted by Crippen LogP contribution is -2.22. The van der Waals surface area contributed by atoms with E-state index in [-0.39, 0.29) is 5.91 Å². The summed E-state index contributed by atoms with van der Waals surface area (Å²) < 4.78 is 1.63. The van der Waals surface area contributed by atoms with Crippen LogP contribution in [0.1, 0.15) is 27.0 Å². The molecule has 132 valence electrons. The molecule has 0 fully saturated rings. The van der Waals surface area contributed by atoms with E-state index < -0.39 is 0 Å². The zero-order valence-electron chi connectivity index (χ0n) is 14.9. The maximum absolute atomic E-state index is 12.1. The average Bonchev–Trinajstić information content (AvgIpc) is 3.28. The Labute approximate surface area is 153 Å². The van der Waals surface area contributed by atoms with Gasteiger partial charge in [-0.15, -0.1) is 0 Å². The Morgan fingerprint density at radius 1 is 1.12 bits per heavy atom. The van der Waals surface area contributed by atoms with E-state index in [2.05, 4.69) is 63.8 Å². The fourth-order valence-corrected chi connectivity index (χ4v) is 3.38. The smallest absolute Gasteiger partial charge is 0.254 e. The van der Waals surface area contributed by atoms with Crippen molar-refractivity contribution in [3.63, 3.8) is 0 Å². The normalized spacial score (nSPS) is 12.9. The Balaban J connectivity index is 1.35. The highest BCUT2D eigenvalue weighted by Crippen LogP contribution is 2.28. The number of fused-ring (bicyclic) bond motifs is 1. The molecule has 1 aliphatic heterocycles. The summed E-state index contributed by atoms with van der Waals surface area (Å²) in [5, 5.41) is 6.95. The van der Waals surface area contributed by atoms with Crippen molar-refractivity contribution in [1.82, 2.24) is 15.1 Å². The molecule has 1 N–H and O–H groups in total. The van der Waals surface area contributed by atoms with Gasteiger partial charge in [-0.05, 0) is 29.2 Å². The Bertz CT molecular complexity index is 914. The zero-order valence-corrected chi connectivity index (χ0v) is 14.9. The van der Waals surface area contributed by atoms with Crippen molar-refractivity contribution in [2.45, 2.75) is 19.5 Å². The molecule has 0 spiro atoms. The fraction of sp³-hybridized carbons (Fsp3) is 0.238. The molecule has 26 heavy (non-hydrogen) atoms. The number of hydrogen-bond acceptors (Lipinski definition) is 3. The van der Waals surface area contributed by atoms with Crippen molar-refractivity contribution in [3.05, 3.63) is 83.2 Å². The number of para-hydroxylation sites is 1. The summed E-state index contributed by atoms with van der Waals surface area (Å²) in [6, 6.07) is 17.1. The predicted octanol–water partition coefficient (Wildman–Crippen LogP) is 2.91. The van der Waals surface area contributed by atoms with Crippen LogP contribution in [0.2, 0.25) is 0 Å². The van der Waals surface area contributed by atoms with Gasteiger partial charge in [0.05, 0.1) is 11.8 Å². The number of benzene rings is 2. The van der Waals surface area contributed by atoms with Crippen molar-refractivity contribution in [1.29, 1.82) is 0 Å². The lowest BCUT2D eigenvalue weighted by Gasteiger charge is -2.19. The summed E-state index contributed by atoms with van der Waals surface area (Å²) in [7, 11) is 1.80. The number of rotatable bonds is 5. The number of carbonyl (C=O) groups excluding carboxylic acids is 1. The molecule has 0 aliphatic carbocycles. The predicted molar refractivity (Wildman–Crippen MR) is 102 cm³/mol. The number of nitrogens with zero attached hydrogens (tertiary/aromatic N) is 3. The maximum atomic E-state index is 12.1. The standard InChI is InChI=1S/C21H22N4O/c1-24-15-19(13-23-24)21(26)22-12-16-6-8-17(9-7-16)14-25-11-10-18-4-2-3-5-20(18)25/h2-9,13,15H,10-12,14H2,1H3,(H,22,26). The number of hydrogen-bond donors (Lipinski definition) is 1. The minimum Gasteiger partial charge on any atom is -0.367 e. The number of anilines is 1. The summed E-state index contributed by atoms with van der Waals surface area (Å²) >= 11 is 0. The lowest BCUT2D eigenvalue weighted by atomic mass is 10.1. The molecule has 1 aromatic heterocycles. The summed E-state index contributed by atoms with van der Waals surface area (Å²) in [6.07, 6.45) is 4.41. The van der Waals surface area contributed by atoms with Gasteiger partial charge in [0.15, 0.2) is 0 Å². The van der Waals surface area contributed by atoms with Crippen molar-refractivity contribution in [2.75, 3.05) is 11.4 Å². The van der Waals surface area contributed by atoms with E-state index in [1.54, 1.807) is 24.1 Å². The van der Waals surface area contributed by atoms with Crippen LogP contribution in [-0.4, -0.2) is 22.2 Å². The van der Waals surface area contributed by atoms with E-state index in [1.807, 2.05) is 0 Å². The molecule has 3 aromatic rings. The highest BCUT2D eigenvalue weighted by Gasteiger charge is 2.18. The monoisotopic (exact) mass is 346 g/mol. The van der Waals surface area contributed by atoms with E-state index >= 15 is 0 Å². The summed E-state index contributed by atoms with van der Waals surface area (Å²) in [6.45, 7) is 2.50. The molecule has 4 rings (SSSR count). The van der Waals surface area contributed by atoms with Gasteiger partial charge in [-0.1, -0.05) is 42.5 Å². The van der Waals surface area contributed by atoms with Gasteiger partial charge >= 0.3 is 0 Å². The molecule has 0 unspecified atom stereocenters. The Kier molecular flexibility index (Phi) is 4.44. The van der Waals surface area contributed by atoms with Gasteiger partial charge in [0.25, 0.3) is 5.91 Å². The van der Waals surface area contributed by atoms with E-state index in [1.165, 1.54) is 16.8 Å². The summed E-state index contributed by atoms with van der Waals surface area (Å²) in [5.74, 6) is -0.101. The van der Waals surface area contributed by atoms with Crippen LogP contribution in [0.15, 0.2) is 60.9 Å². The molecule has 0 atom stereocenters. The first-order valence-electron chi connectivity index (χ1n) is 8.86. The summed E-state index contributed by atoms with van der Waals surface area (Å²) in [4.78, 5) is 14.5. The molecule has 2 aromatic carbocycles. The third-order valence-corrected chi connectivity index (χ3v) is 4.80. The third kappa shape index (κ3) is 3.47. The second kappa shape index (κ2) is 7.04. The van der Waals surface area contributed by atoms with Crippen LogP contribution in [-0.2, 0) is 26.6 Å².